The van der Waals surface area contributed by atoms with E-state index in [4.69, 9.17) is 48.4 Å². The zero-order valence-electron chi connectivity index (χ0n) is 32.5. The van der Waals surface area contributed by atoms with Crippen LogP contribution in [0.4, 0.5) is 0 Å². The summed E-state index contributed by atoms with van der Waals surface area (Å²) in [5.74, 6) is -4.01. The fourth-order valence-corrected chi connectivity index (χ4v) is 8.22. The van der Waals surface area contributed by atoms with Crippen LogP contribution in [-0.2, 0) is 25.2 Å². The Morgan fingerprint density at radius 3 is 2.12 bits per heavy atom. The van der Waals surface area contributed by atoms with Gasteiger partial charge in [-0.25, -0.2) is 4.79 Å². The number of rotatable bonds is 16. The number of aliphatic hydroxyl groups is 1. The molecule has 1 aliphatic rings. The molecule has 0 aliphatic carbocycles. The molecule has 4 aromatic carbocycles. The summed E-state index contributed by atoms with van der Waals surface area (Å²) in [6.07, 6.45) is 2.40. The minimum atomic E-state index is -2.74. The quantitative estimate of drug-likeness (QED) is 0.0977. The fourth-order valence-electron chi connectivity index (χ4n) is 7.08. The molecule has 1 aliphatic heterocycles. The number of aliphatic carboxylic acids is 3. The zero-order valence-corrected chi connectivity index (χ0v) is 34.9. The van der Waals surface area contributed by atoms with Crippen LogP contribution in [0.15, 0.2) is 83.8 Å². The number of likely N-dealkylation sites (tertiary alicyclic amines) is 1. The second kappa shape index (κ2) is 22.0. The van der Waals surface area contributed by atoms with E-state index >= 15 is 0 Å². The molecule has 0 aromatic heterocycles. The largest absolute Gasteiger partial charge is 0.493 e. The smallest absolute Gasteiger partial charge is 0.336 e. The van der Waals surface area contributed by atoms with Crippen LogP contribution in [0.3, 0.4) is 0 Å². The number of amides is 1. The van der Waals surface area contributed by atoms with Gasteiger partial charge in [-0.1, -0.05) is 77.8 Å². The van der Waals surface area contributed by atoms with Crippen molar-refractivity contribution in [2.24, 2.45) is 0 Å². The van der Waals surface area contributed by atoms with Gasteiger partial charge in [0.05, 0.1) is 45.9 Å². The minimum Gasteiger partial charge on any atom is -0.493 e. The molecule has 0 radical (unpaired) electrons. The first-order chi connectivity index (χ1) is 27.0. The maximum atomic E-state index is 14.1. The van der Waals surface area contributed by atoms with Gasteiger partial charge < -0.3 is 40.4 Å². The number of likely N-dealkylation sites (N-methyl/N-ethyl adjacent to an activating group) is 1. The van der Waals surface area contributed by atoms with Crippen molar-refractivity contribution in [1.29, 1.82) is 0 Å². The molecule has 13 nitrogen and oxygen atoms in total. The molecule has 0 spiro atoms. The number of ether oxygens (including phenoxy) is 1. The van der Waals surface area contributed by atoms with Crippen molar-refractivity contribution in [3.63, 3.8) is 0 Å². The lowest BCUT2D eigenvalue weighted by molar-refractivity contribution is -0.170. The Balaban J connectivity index is 0.000000554. The molecule has 314 valence electrons. The Bertz CT molecular complexity index is 2080. The third-order valence-corrected chi connectivity index (χ3v) is 11.7. The fraction of sp³-hybridized carbons (Fsp3) is 0.381. The van der Waals surface area contributed by atoms with E-state index in [0.29, 0.717) is 40.4 Å². The number of carbonyl (C=O) groups is 4. The van der Waals surface area contributed by atoms with Crippen LogP contribution in [0.2, 0.25) is 10.0 Å². The van der Waals surface area contributed by atoms with E-state index in [1.165, 1.54) is 5.56 Å². The van der Waals surface area contributed by atoms with Crippen LogP contribution < -0.4 is 4.74 Å². The van der Waals surface area contributed by atoms with Crippen LogP contribution in [0.1, 0.15) is 72.3 Å². The van der Waals surface area contributed by atoms with Gasteiger partial charge in [0.2, 0.25) is 0 Å². The maximum Gasteiger partial charge on any atom is 0.336 e. The third kappa shape index (κ3) is 12.7. The van der Waals surface area contributed by atoms with Crippen molar-refractivity contribution in [3.05, 3.63) is 106 Å². The molecular weight excluding hydrogens is 811 g/mol. The number of hydrogen-bond donors (Lipinski definition) is 4. The molecule has 4 aromatic rings. The molecule has 2 atom stereocenters. The average molecular weight is 862 g/mol. The topological polar surface area (TPSA) is 213 Å². The minimum absolute atomic E-state index is 0. The van der Waals surface area contributed by atoms with Crippen LogP contribution in [0, 0.1) is 0 Å². The Hall–Kier alpha value is -4.57. The second-order valence-corrected chi connectivity index (χ2v) is 16.2. The van der Waals surface area contributed by atoms with E-state index in [9.17, 15) is 23.4 Å². The number of carbonyl (C=O) groups excluding carboxylic acids is 1. The molecule has 16 heteroatoms. The molecule has 1 fully saturated rings. The molecule has 1 saturated heterocycles. The van der Waals surface area contributed by atoms with Crippen molar-refractivity contribution in [1.82, 2.24) is 9.80 Å². The maximum absolute atomic E-state index is 14.1. The van der Waals surface area contributed by atoms with Gasteiger partial charge in [0.1, 0.15) is 5.75 Å². The molecule has 0 bridgehead atoms. The highest BCUT2D eigenvalue weighted by Gasteiger charge is 2.40. The summed E-state index contributed by atoms with van der Waals surface area (Å²) >= 11 is 12.8. The van der Waals surface area contributed by atoms with E-state index in [1.54, 1.807) is 6.26 Å². The lowest BCUT2D eigenvalue weighted by Gasteiger charge is -2.34. The van der Waals surface area contributed by atoms with Gasteiger partial charge in [-0.15, -0.1) is 0 Å². The third-order valence-electron chi connectivity index (χ3n) is 10.00. The molecule has 0 saturated carbocycles. The van der Waals surface area contributed by atoms with E-state index in [0.717, 1.165) is 60.1 Å². The SMILES string of the molecule is CCOc1ccc2ccccc2c1C(=O)N(C)C[C@@H](CCN1CCC(c2ccccc2[S@](C)=O)CC1)c1ccc(Cl)c(Cl)c1.O.O=C(O)CC(O)(CC(=O)O)C(=O)O. The van der Waals surface area contributed by atoms with E-state index in [1.807, 2.05) is 91.7 Å². The number of piperidine rings is 1. The van der Waals surface area contributed by atoms with Crippen LogP contribution in [-0.4, -0.2) is 115 Å². The number of halogens is 2. The number of carboxylic acid groups (broad SMARTS) is 3. The highest BCUT2D eigenvalue weighted by molar-refractivity contribution is 7.84. The molecule has 1 heterocycles. The molecule has 5 rings (SSSR count). The summed E-state index contributed by atoms with van der Waals surface area (Å²) in [6.45, 7) is 5.79. The molecule has 0 unspecified atom stereocenters. The predicted molar refractivity (Wildman–Crippen MR) is 224 cm³/mol. The van der Waals surface area contributed by atoms with Crippen molar-refractivity contribution in [2.75, 3.05) is 46.1 Å². The van der Waals surface area contributed by atoms with Gasteiger partial charge in [-0.2, -0.15) is 0 Å². The number of benzene rings is 4. The van der Waals surface area contributed by atoms with Crippen molar-refractivity contribution >= 4 is 68.6 Å². The Labute approximate surface area is 349 Å². The number of carboxylic acids is 3. The van der Waals surface area contributed by atoms with Crippen molar-refractivity contribution in [3.8, 4) is 5.75 Å². The monoisotopic (exact) mass is 860 g/mol. The van der Waals surface area contributed by atoms with Crippen LogP contribution in [0.5, 0.6) is 5.75 Å². The Morgan fingerprint density at radius 1 is 0.914 bits per heavy atom. The normalized spacial score (nSPS) is 14.3. The summed E-state index contributed by atoms with van der Waals surface area (Å²) in [4.78, 5) is 49.8. The first-order valence-corrected chi connectivity index (χ1v) is 20.7. The van der Waals surface area contributed by atoms with E-state index in [2.05, 4.69) is 11.0 Å². The molecule has 58 heavy (non-hydrogen) atoms. The van der Waals surface area contributed by atoms with E-state index in [-0.39, 0.29) is 17.3 Å². The molecule has 6 N–H and O–H groups in total. The lowest BCUT2D eigenvalue weighted by Crippen LogP contribution is -2.42. The van der Waals surface area contributed by atoms with E-state index < -0.39 is 47.2 Å². The van der Waals surface area contributed by atoms with Gasteiger partial charge in [0.25, 0.3) is 5.91 Å². The highest BCUT2D eigenvalue weighted by atomic mass is 35.5. The predicted octanol–water partition coefficient (Wildman–Crippen LogP) is 6.34. The van der Waals surface area contributed by atoms with Gasteiger partial charge in [-0.3, -0.25) is 18.6 Å². The van der Waals surface area contributed by atoms with Gasteiger partial charge in [0, 0.05) is 30.7 Å². The Morgan fingerprint density at radius 2 is 1.53 bits per heavy atom. The number of fused-ring (bicyclic) bond motifs is 1. The first kappa shape index (κ1) is 47.8. The van der Waals surface area contributed by atoms with Gasteiger partial charge in [-0.05, 0) is 97.9 Å². The first-order valence-electron chi connectivity index (χ1n) is 18.4. The Kier molecular flexibility index (Phi) is 18.1. The van der Waals surface area contributed by atoms with Gasteiger partial charge >= 0.3 is 17.9 Å². The summed E-state index contributed by atoms with van der Waals surface area (Å²) in [6, 6.07) is 25.8. The highest BCUT2D eigenvalue weighted by Crippen LogP contribution is 2.34. The summed E-state index contributed by atoms with van der Waals surface area (Å²) in [5.41, 5.74) is 0.145. The molecular formula is C42H50Cl2N2O11S. The van der Waals surface area contributed by atoms with Gasteiger partial charge in [0.15, 0.2) is 5.60 Å². The zero-order chi connectivity index (χ0) is 41.9. The lowest BCUT2D eigenvalue weighted by atomic mass is 9.88. The molecule has 1 amide bonds. The standard InChI is InChI=1S/C36H40Cl2N2O3S.C6H8O7.H2O/c1-4-43-33-16-14-25-9-5-6-11-30(25)35(33)36(41)39(2)24-28(27-13-15-31(37)32(38)23-27)19-22-40-20-17-26(18-21-40)29-10-7-8-12-34(29)44(3)42;7-3(8)1-6(13,5(11)12)2-4(9)10;/h5-16,23,26,28H,4,17-22,24H2,1-3H3;13H,1-2H2,(H,7,8)(H,9,10)(H,11,12);1H2/t28-,44+;;/m1../s1. The van der Waals surface area contributed by atoms with Crippen LogP contribution >= 0.6 is 23.2 Å². The number of nitrogens with zero attached hydrogens (tertiary/aromatic N) is 2. The average Bonchev–Trinajstić information content (AvgIpc) is 3.17. The number of hydrogen-bond acceptors (Lipinski definition) is 8. The van der Waals surface area contributed by atoms with Crippen molar-refractivity contribution in [2.45, 2.75) is 61.4 Å². The van der Waals surface area contributed by atoms with Crippen LogP contribution in [0.25, 0.3) is 10.8 Å². The summed E-state index contributed by atoms with van der Waals surface area (Å²) < 4.78 is 18.2. The summed E-state index contributed by atoms with van der Waals surface area (Å²) in [5, 5.41) is 36.7. The summed E-state index contributed by atoms with van der Waals surface area (Å²) in [7, 11) is 0.872. The second-order valence-electron chi connectivity index (χ2n) is 14.0. The van der Waals surface area contributed by atoms with Crippen molar-refractivity contribution < 1.29 is 54.0 Å².